The maximum atomic E-state index is 12.1. The Labute approximate surface area is 150 Å². The van der Waals surface area contributed by atoms with Gasteiger partial charge in [0.05, 0.1) is 18.1 Å². The molecule has 0 radical (unpaired) electrons. The van der Waals surface area contributed by atoms with Crippen LogP contribution >= 0.6 is 0 Å². The lowest BCUT2D eigenvalue weighted by Gasteiger charge is -2.15. The number of nitrogens with one attached hydrogen (secondary N) is 1. The highest BCUT2D eigenvalue weighted by Crippen LogP contribution is 2.38. The fourth-order valence-corrected chi connectivity index (χ4v) is 3.37. The van der Waals surface area contributed by atoms with Gasteiger partial charge in [0.25, 0.3) is 11.5 Å². The fourth-order valence-electron chi connectivity index (χ4n) is 3.37. The highest BCUT2D eigenvalue weighted by atomic mass is 16.5. The van der Waals surface area contributed by atoms with Crippen molar-refractivity contribution in [1.29, 1.82) is 0 Å². The summed E-state index contributed by atoms with van der Waals surface area (Å²) < 4.78 is 7.96. The number of rotatable bonds is 4. The summed E-state index contributed by atoms with van der Waals surface area (Å²) in [6, 6.07) is 9.39. The lowest BCUT2D eigenvalue weighted by molar-refractivity contribution is -0.00214. The number of aromatic nitrogens is 4. The van der Waals surface area contributed by atoms with Gasteiger partial charge in [-0.15, -0.1) is 10.2 Å². The highest BCUT2D eigenvalue weighted by Gasteiger charge is 2.34. The number of benzene rings is 1. The van der Waals surface area contributed by atoms with E-state index in [0.29, 0.717) is 23.2 Å². The number of imidazole rings is 1. The number of aromatic amines is 1. The monoisotopic (exact) mass is 352 g/mol. The van der Waals surface area contributed by atoms with Crippen molar-refractivity contribution in [3.8, 4) is 0 Å². The molecule has 26 heavy (non-hydrogen) atoms. The lowest BCUT2D eigenvalue weighted by Crippen LogP contribution is -2.13. The lowest BCUT2D eigenvalue weighted by atomic mass is 10.0. The van der Waals surface area contributed by atoms with E-state index < -0.39 is 0 Å². The van der Waals surface area contributed by atoms with Crippen molar-refractivity contribution in [2.24, 2.45) is 16.1 Å². The molecule has 1 aliphatic heterocycles. The van der Waals surface area contributed by atoms with Gasteiger partial charge in [-0.05, 0) is 30.9 Å². The molecule has 3 atom stereocenters. The van der Waals surface area contributed by atoms with E-state index in [-0.39, 0.29) is 23.4 Å². The normalized spacial score (nSPS) is 23.2. The maximum absolute atomic E-state index is 12.1. The van der Waals surface area contributed by atoms with Gasteiger partial charge in [-0.2, -0.15) is 0 Å². The summed E-state index contributed by atoms with van der Waals surface area (Å²) >= 11 is 0. The summed E-state index contributed by atoms with van der Waals surface area (Å²) in [4.78, 5) is 23.4. The van der Waals surface area contributed by atoms with E-state index in [9.17, 15) is 4.79 Å². The number of hydrogen-bond donors (Lipinski definition) is 1. The van der Waals surface area contributed by atoms with Crippen molar-refractivity contribution in [3.05, 3.63) is 47.0 Å². The van der Waals surface area contributed by atoms with Crippen molar-refractivity contribution < 1.29 is 4.74 Å². The minimum absolute atomic E-state index is 0.165. The van der Waals surface area contributed by atoms with Crippen LogP contribution in [0.25, 0.3) is 11.2 Å². The average molecular weight is 352 g/mol. The molecule has 0 spiro atoms. The van der Waals surface area contributed by atoms with Gasteiger partial charge in [0.2, 0.25) is 0 Å². The third kappa shape index (κ3) is 2.92. The molecular weight excluding hydrogens is 332 g/mol. The van der Waals surface area contributed by atoms with Crippen LogP contribution in [0.3, 0.4) is 0 Å². The van der Waals surface area contributed by atoms with E-state index in [2.05, 4.69) is 39.0 Å². The Balaban J connectivity index is 1.81. The van der Waals surface area contributed by atoms with Crippen LogP contribution in [0.5, 0.6) is 0 Å². The van der Waals surface area contributed by atoms with Crippen LogP contribution < -0.4 is 5.56 Å². The number of nitrogens with zero attached hydrogens (tertiary/aromatic N) is 5. The number of azo groups is 1. The maximum Gasteiger partial charge on any atom is 0.278 e. The van der Waals surface area contributed by atoms with Crippen molar-refractivity contribution in [1.82, 2.24) is 19.5 Å². The zero-order valence-corrected chi connectivity index (χ0v) is 14.7. The second-order valence-electron chi connectivity index (χ2n) is 6.47. The third-order valence-corrected chi connectivity index (χ3v) is 4.71. The molecular formula is C18H20N6O2. The van der Waals surface area contributed by atoms with E-state index in [0.717, 1.165) is 12.8 Å². The van der Waals surface area contributed by atoms with Crippen molar-refractivity contribution in [3.63, 3.8) is 0 Å². The van der Waals surface area contributed by atoms with Crippen LogP contribution in [0.2, 0.25) is 0 Å². The van der Waals surface area contributed by atoms with Gasteiger partial charge >= 0.3 is 0 Å². The Morgan fingerprint density at radius 1 is 1.31 bits per heavy atom. The molecule has 1 N–H and O–H groups in total. The smallest absolute Gasteiger partial charge is 0.278 e. The summed E-state index contributed by atoms with van der Waals surface area (Å²) in [5.74, 6) is 0.727. The zero-order chi connectivity index (χ0) is 18.1. The molecule has 1 fully saturated rings. The first-order chi connectivity index (χ1) is 12.7. The average Bonchev–Trinajstić information content (AvgIpc) is 3.21. The molecule has 0 bridgehead atoms. The van der Waals surface area contributed by atoms with Crippen molar-refractivity contribution in [2.45, 2.75) is 39.0 Å². The van der Waals surface area contributed by atoms with Gasteiger partial charge in [0, 0.05) is 0 Å². The SMILES string of the molecule is CC[C@H]1O[C@@H](n2c(N=Nc3ccccc3)nc3c(=O)[nH]cnc32)C[C@H]1C. The fraction of sp³-hybridized carbons (Fsp3) is 0.389. The zero-order valence-electron chi connectivity index (χ0n) is 14.7. The van der Waals surface area contributed by atoms with Crippen LogP contribution in [0.1, 0.15) is 32.9 Å². The topological polar surface area (TPSA) is 97.5 Å². The van der Waals surface area contributed by atoms with E-state index >= 15 is 0 Å². The largest absolute Gasteiger partial charge is 0.354 e. The molecule has 1 saturated heterocycles. The van der Waals surface area contributed by atoms with Gasteiger partial charge in [-0.1, -0.05) is 32.0 Å². The first-order valence-corrected chi connectivity index (χ1v) is 8.75. The molecule has 2 aromatic heterocycles. The number of hydrogen-bond acceptors (Lipinski definition) is 6. The van der Waals surface area contributed by atoms with Gasteiger partial charge in [-0.25, -0.2) is 9.97 Å². The Kier molecular flexibility index (Phi) is 4.34. The quantitative estimate of drug-likeness (QED) is 0.721. The molecule has 4 rings (SSSR count). The van der Waals surface area contributed by atoms with E-state index in [4.69, 9.17) is 4.74 Å². The summed E-state index contributed by atoms with van der Waals surface area (Å²) in [7, 11) is 0. The molecule has 0 saturated carbocycles. The standard InChI is InChI=1S/C18H20N6O2/c1-3-13-11(2)9-14(26-13)24-16-15(17(25)20-10-19-16)21-18(24)23-22-12-7-5-4-6-8-12/h4-8,10-11,13-14H,3,9H2,1-2H3,(H,19,20,25)/t11-,13-,14-/m1/s1. The Morgan fingerprint density at radius 3 is 2.85 bits per heavy atom. The predicted octanol–water partition coefficient (Wildman–Crippen LogP) is 3.87. The predicted molar refractivity (Wildman–Crippen MR) is 96.7 cm³/mol. The molecule has 1 aliphatic rings. The van der Waals surface area contributed by atoms with E-state index in [1.165, 1.54) is 6.33 Å². The molecule has 3 aromatic rings. The molecule has 0 unspecified atom stereocenters. The summed E-state index contributed by atoms with van der Waals surface area (Å²) in [6.45, 7) is 4.27. The minimum Gasteiger partial charge on any atom is -0.354 e. The molecule has 1 aromatic carbocycles. The van der Waals surface area contributed by atoms with Crippen LogP contribution in [0.15, 0.2) is 51.7 Å². The van der Waals surface area contributed by atoms with E-state index in [1.807, 2.05) is 30.3 Å². The van der Waals surface area contributed by atoms with Crippen LogP contribution in [0.4, 0.5) is 11.6 Å². The van der Waals surface area contributed by atoms with Crippen LogP contribution in [-0.4, -0.2) is 25.6 Å². The highest BCUT2D eigenvalue weighted by molar-refractivity contribution is 5.72. The Hall–Kier alpha value is -2.87. The second-order valence-corrected chi connectivity index (χ2v) is 6.47. The Bertz CT molecular complexity index is 994. The van der Waals surface area contributed by atoms with Gasteiger partial charge < -0.3 is 9.72 Å². The molecule has 3 heterocycles. The first-order valence-electron chi connectivity index (χ1n) is 8.75. The third-order valence-electron chi connectivity index (χ3n) is 4.71. The van der Waals surface area contributed by atoms with Gasteiger partial charge in [-0.3, -0.25) is 9.36 Å². The van der Waals surface area contributed by atoms with Gasteiger partial charge in [0.1, 0.15) is 6.23 Å². The van der Waals surface area contributed by atoms with Crippen molar-refractivity contribution in [2.75, 3.05) is 0 Å². The molecule has 0 amide bonds. The van der Waals surface area contributed by atoms with Gasteiger partial charge in [0.15, 0.2) is 11.2 Å². The summed E-state index contributed by atoms with van der Waals surface area (Å²) in [5.41, 5.74) is 1.11. The molecule has 8 nitrogen and oxygen atoms in total. The summed E-state index contributed by atoms with van der Waals surface area (Å²) in [5, 5.41) is 8.52. The number of H-pyrrole nitrogens is 1. The molecule has 8 heteroatoms. The number of ether oxygens (including phenoxy) is 1. The molecule has 134 valence electrons. The van der Waals surface area contributed by atoms with Crippen molar-refractivity contribution >= 4 is 22.8 Å². The first kappa shape index (κ1) is 16.6. The second kappa shape index (κ2) is 6.80. The van der Waals surface area contributed by atoms with E-state index in [1.54, 1.807) is 4.57 Å². The minimum atomic E-state index is -0.303. The number of fused-ring (bicyclic) bond motifs is 1. The van der Waals surface area contributed by atoms with Crippen LogP contribution in [-0.2, 0) is 4.74 Å². The summed E-state index contributed by atoms with van der Waals surface area (Å²) in [6.07, 6.45) is 3.01. The Morgan fingerprint density at radius 2 is 2.12 bits per heavy atom. The van der Waals surface area contributed by atoms with Crippen LogP contribution in [0, 0.1) is 5.92 Å². The molecule has 0 aliphatic carbocycles.